The predicted molar refractivity (Wildman–Crippen MR) is 52.3 cm³/mol. The molecule has 78 valence electrons. The van der Waals surface area contributed by atoms with E-state index in [1.807, 2.05) is 0 Å². The smallest absolute Gasteiger partial charge is 0.355 e. The van der Waals surface area contributed by atoms with Crippen molar-refractivity contribution in [3.05, 3.63) is 10.6 Å². The van der Waals surface area contributed by atoms with E-state index in [0.717, 1.165) is 17.6 Å². The van der Waals surface area contributed by atoms with E-state index >= 15 is 0 Å². The number of aromatic nitrogens is 1. The molecule has 0 aliphatic carbocycles. The third kappa shape index (κ3) is 2.67. The molecular weight excluding hydrogens is 228 g/mol. The number of nitrogens with one attached hydrogen (secondary N) is 1. The fourth-order valence-corrected chi connectivity index (χ4v) is 2.44. The fourth-order valence-electron chi connectivity index (χ4n) is 0.797. The van der Waals surface area contributed by atoms with Crippen LogP contribution in [0.25, 0.3) is 0 Å². The summed E-state index contributed by atoms with van der Waals surface area (Å²) in [5, 5.41) is 8.72. The van der Waals surface area contributed by atoms with Crippen LogP contribution in [0.3, 0.4) is 0 Å². The zero-order valence-electron chi connectivity index (χ0n) is 7.44. The number of aromatic carboxylic acids is 1. The molecule has 8 heteroatoms. The van der Waals surface area contributed by atoms with Gasteiger partial charge in [-0.3, -0.25) is 4.72 Å². The molecular formula is C6H8N2O4S2. The van der Waals surface area contributed by atoms with Gasteiger partial charge in [0.25, 0.3) is 0 Å². The number of hydrogen-bond donors (Lipinski definition) is 2. The number of carbonyl (C=O) groups is 1. The summed E-state index contributed by atoms with van der Waals surface area (Å²) in [7, 11) is -3.40. The minimum Gasteiger partial charge on any atom is -0.476 e. The number of carboxylic acids is 1. The third-order valence-electron chi connectivity index (χ3n) is 1.27. The first kappa shape index (κ1) is 10.9. The Morgan fingerprint density at radius 2 is 2.14 bits per heavy atom. The zero-order chi connectivity index (χ0) is 10.9. The van der Waals surface area contributed by atoms with Gasteiger partial charge in [-0.05, 0) is 6.92 Å². The van der Waals surface area contributed by atoms with Crippen molar-refractivity contribution in [1.29, 1.82) is 0 Å². The van der Waals surface area contributed by atoms with E-state index in [9.17, 15) is 13.2 Å². The van der Waals surface area contributed by atoms with Crippen molar-refractivity contribution in [2.45, 2.75) is 6.92 Å². The Labute approximate surface area is 84.7 Å². The van der Waals surface area contributed by atoms with Crippen molar-refractivity contribution in [2.75, 3.05) is 11.0 Å². The molecule has 6 nitrogen and oxygen atoms in total. The van der Waals surface area contributed by atoms with Gasteiger partial charge in [0.05, 0.1) is 6.26 Å². The lowest BCUT2D eigenvalue weighted by Crippen LogP contribution is -2.09. The van der Waals surface area contributed by atoms with Gasteiger partial charge in [-0.1, -0.05) is 0 Å². The molecule has 0 aromatic carbocycles. The summed E-state index contributed by atoms with van der Waals surface area (Å²) < 4.78 is 23.7. The van der Waals surface area contributed by atoms with E-state index in [4.69, 9.17) is 5.11 Å². The first-order chi connectivity index (χ1) is 6.29. The molecule has 1 heterocycles. The Bertz CT molecular complexity index is 462. The van der Waals surface area contributed by atoms with Crippen LogP contribution in [0.2, 0.25) is 0 Å². The molecule has 2 N–H and O–H groups in total. The summed E-state index contributed by atoms with van der Waals surface area (Å²) in [6, 6.07) is 0. The van der Waals surface area contributed by atoms with Crippen molar-refractivity contribution in [2.24, 2.45) is 0 Å². The summed E-state index contributed by atoms with van der Waals surface area (Å²) in [5.74, 6) is -1.17. The summed E-state index contributed by atoms with van der Waals surface area (Å²) in [5.41, 5.74) is -0.124. The van der Waals surface area contributed by atoms with Crippen LogP contribution in [0, 0.1) is 6.92 Å². The number of aryl methyl sites for hydroxylation is 1. The van der Waals surface area contributed by atoms with Gasteiger partial charge in [0.15, 0.2) is 10.8 Å². The number of rotatable bonds is 3. The van der Waals surface area contributed by atoms with Crippen molar-refractivity contribution >= 4 is 32.5 Å². The second kappa shape index (κ2) is 3.54. The van der Waals surface area contributed by atoms with Crippen LogP contribution in [-0.4, -0.2) is 30.7 Å². The molecule has 0 atom stereocenters. The molecule has 0 fully saturated rings. The second-order valence-electron chi connectivity index (χ2n) is 2.60. The average molecular weight is 236 g/mol. The van der Waals surface area contributed by atoms with Crippen LogP contribution in [0.4, 0.5) is 5.13 Å². The molecule has 0 saturated carbocycles. The van der Waals surface area contributed by atoms with E-state index in [1.54, 1.807) is 6.92 Å². The Hall–Kier alpha value is -1.15. The van der Waals surface area contributed by atoms with Crippen molar-refractivity contribution < 1.29 is 18.3 Å². The van der Waals surface area contributed by atoms with Gasteiger partial charge in [0.2, 0.25) is 10.0 Å². The third-order valence-corrected chi connectivity index (χ3v) is 2.85. The molecule has 1 rings (SSSR count). The standard InChI is InChI=1S/C6H8N2O4S2/c1-3-4(5(9)10)7-6(13-3)8-14(2,11)12/h1-2H3,(H,7,8)(H,9,10). The highest BCUT2D eigenvalue weighted by Crippen LogP contribution is 2.22. The lowest BCUT2D eigenvalue weighted by Gasteiger charge is -1.95. The van der Waals surface area contributed by atoms with Gasteiger partial charge >= 0.3 is 5.97 Å². The number of nitrogens with zero attached hydrogens (tertiary/aromatic N) is 1. The lowest BCUT2D eigenvalue weighted by molar-refractivity contribution is 0.0690. The SMILES string of the molecule is Cc1sc(NS(C)(=O)=O)nc1C(=O)O. The first-order valence-corrected chi connectivity index (χ1v) is 6.19. The Balaban J connectivity index is 3.04. The number of carboxylic acid groups (broad SMARTS) is 1. The van der Waals surface area contributed by atoms with Gasteiger partial charge in [-0.25, -0.2) is 18.2 Å². The van der Waals surface area contributed by atoms with E-state index in [0.29, 0.717) is 4.88 Å². The zero-order valence-corrected chi connectivity index (χ0v) is 9.07. The fraction of sp³-hybridized carbons (Fsp3) is 0.333. The van der Waals surface area contributed by atoms with Gasteiger partial charge < -0.3 is 5.11 Å². The van der Waals surface area contributed by atoms with Crippen molar-refractivity contribution in [3.8, 4) is 0 Å². The normalized spacial score (nSPS) is 11.3. The van der Waals surface area contributed by atoms with Gasteiger partial charge in [-0.15, -0.1) is 11.3 Å². The molecule has 0 saturated heterocycles. The Morgan fingerprint density at radius 1 is 1.57 bits per heavy atom. The largest absolute Gasteiger partial charge is 0.476 e. The molecule has 14 heavy (non-hydrogen) atoms. The van der Waals surface area contributed by atoms with E-state index in [1.165, 1.54) is 0 Å². The van der Waals surface area contributed by atoms with Crippen LogP contribution in [0.1, 0.15) is 15.4 Å². The maximum absolute atomic E-state index is 10.8. The number of sulfonamides is 1. The van der Waals surface area contributed by atoms with Crippen LogP contribution in [0.15, 0.2) is 0 Å². The number of hydrogen-bond acceptors (Lipinski definition) is 5. The number of thiazole rings is 1. The van der Waals surface area contributed by atoms with Crippen LogP contribution in [-0.2, 0) is 10.0 Å². The molecule has 1 aromatic heterocycles. The van der Waals surface area contributed by atoms with E-state index < -0.39 is 16.0 Å². The van der Waals surface area contributed by atoms with Crippen LogP contribution < -0.4 is 4.72 Å². The second-order valence-corrected chi connectivity index (χ2v) is 5.55. The van der Waals surface area contributed by atoms with Crippen LogP contribution in [0.5, 0.6) is 0 Å². The molecule has 0 radical (unpaired) electrons. The lowest BCUT2D eigenvalue weighted by atomic mass is 10.4. The molecule has 0 aliphatic rings. The monoisotopic (exact) mass is 236 g/mol. The minimum absolute atomic E-state index is 0.0717. The van der Waals surface area contributed by atoms with Crippen molar-refractivity contribution in [1.82, 2.24) is 4.98 Å². The van der Waals surface area contributed by atoms with Gasteiger partial charge in [-0.2, -0.15) is 0 Å². The topological polar surface area (TPSA) is 96.4 Å². The first-order valence-electron chi connectivity index (χ1n) is 3.48. The maximum atomic E-state index is 10.8. The Kier molecular flexibility index (Phi) is 2.76. The minimum atomic E-state index is -3.40. The summed E-state index contributed by atoms with van der Waals surface area (Å²) in [6.07, 6.45) is 0.976. The summed E-state index contributed by atoms with van der Waals surface area (Å²) in [6.45, 7) is 1.56. The summed E-state index contributed by atoms with van der Waals surface area (Å²) >= 11 is 0.987. The molecule has 0 unspecified atom stereocenters. The van der Waals surface area contributed by atoms with Crippen LogP contribution >= 0.6 is 11.3 Å². The van der Waals surface area contributed by atoms with E-state index in [2.05, 4.69) is 9.71 Å². The van der Waals surface area contributed by atoms with E-state index in [-0.39, 0.29) is 10.8 Å². The van der Waals surface area contributed by atoms with Crippen molar-refractivity contribution in [3.63, 3.8) is 0 Å². The molecule has 0 aliphatic heterocycles. The highest BCUT2D eigenvalue weighted by molar-refractivity contribution is 7.92. The quantitative estimate of drug-likeness (QED) is 0.797. The highest BCUT2D eigenvalue weighted by Gasteiger charge is 2.15. The molecule has 0 amide bonds. The predicted octanol–water partition coefficient (Wildman–Crippen LogP) is 0.521. The highest BCUT2D eigenvalue weighted by atomic mass is 32.2. The maximum Gasteiger partial charge on any atom is 0.355 e. The number of anilines is 1. The molecule has 0 bridgehead atoms. The van der Waals surface area contributed by atoms with Gasteiger partial charge in [0, 0.05) is 4.88 Å². The summed E-state index contributed by atoms with van der Waals surface area (Å²) in [4.78, 5) is 14.7. The van der Waals surface area contributed by atoms with Gasteiger partial charge in [0.1, 0.15) is 0 Å². The Morgan fingerprint density at radius 3 is 2.50 bits per heavy atom. The molecule has 0 spiro atoms. The molecule has 1 aromatic rings. The average Bonchev–Trinajstić information content (AvgIpc) is 2.26.